The van der Waals surface area contributed by atoms with E-state index in [1.165, 1.54) is 0 Å². The number of hydrogen-bond acceptors (Lipinski definition) is 5. The SMILES string of the molecule is C=CCN(CC(=O)COCc1ccccc1)C[C@@H](COCc1ccccc1)[SiH2]O. The van der Waals surface area contributed by atoms with Gasteiger partial charge < -0.3 is 14.3 Å². The van der Waals surface area contributed by atoms with Gasteiger partial charge in [0.1, 0.15) is 6.61 Å². The van der Waals surface area contributed by atoms with Crippen molar-refractivity contribution in [2.75, 3.05) is 32.8 Å². The first-order valence-electron chi connectivity index (χ1n) is 9.90. The Morgan fingerprint density at radius 3 is 2.17 bits per heavy atom. The van der Waals surface area contributed by atoms with E-state index in [4.69, 9.17) is 9.47 Å². The first-order chi connectivity index (χ1) is 14.2. The van der Waals surface area contributed by atoms with Gasteiger partial charge in [-0.25, -0.2) is 0 Å². The van der Waals surface area contributed by atoms with Crippen molar-refractivity contribution in [2.24, 2.45) is 0 Å². The van der Waals surface area contributed by atoms with Crippen molar-refractivity contribution in [3.63, 3.8) is 0 Å². The van der Waals surface area contributed by atoms with E-state index in [9.17, 15) is 9.59 Å². The summed E-state index contributed by atoms with van der Waals surface area (Å²) < 4.78 is 11.3. The highest BCUT2D eigenvalue weighted by Gasteiger charge is 2.17. The molecule has 6 heteroatoms. The molecule has 0 saturated heterocycles. The summed E-state index contributed by atoms with van der Waals surface area (Å²) in [7, 11) is -1.26. The topological polar surface area (TPSA) is 59.0 Å². The fourth-order valence-corrected chi connectivity index (χ4v) is 3.74. The highest BCUT2D eigenvalue weighted by molar-refractivity contribution is 6.27. The molecule has 0 aliphatic rings. The van der Waals surface area contributed by atoms with Crippen molar-refractivity contribution in [1.29, 1.82) is 0 Å². The molecule has 2 aromatic carbocycles. The fraction of sp³-hybridized carbons (Fsp3) is 0.348. The van der Waals surface area contributed by atoms with Gasteiger partial charge >= 0.3 is 0 Å². The van der Waals surface area contributed by atoms with Crippen molar-refractivity contribution < 1.29 is 19.1 Å². The van der Waals surface area contributed by atoms with Gasteiger partial charge in [0.2, 0.25) is 0 Å². The molecule has 0 aromatic heterocycles. The van der Waals surface area contributed by atoms with Crippen LogP contribution in [0.25, 0.3) is 0 Å². The van der Waals surface area contributed by atoms with Gasteiger partial charge in [-0.1, -0.05) is 66.7 Å². The average molecular weight is 414 g/mol. The molecule has 5 nitrogen and oxygen atoms in total. The molecule has 0 spiro atoms. The van der Waals surface area contributed by atoms with Crippen LogP contribution >= 0.6 is 0 Å². The van der Waals surface area contributed by atoms with Crippen LogP contribution in [-0.4, -0.2) is 58.1 Å². The Balaban J connectivity index is 1.72. The van der Waals surface area contributed by atoms with Crippen LogP contribution in [-0.2, 0) is 27.5 Å². The maximum absolute atomic E-state index is 12.3. The van der Waals surface area contributed by atoms with Crippen molar-refractivity contribution in [3.05, 3.63) is 84.4 Å². The molecule has 156 valence electrons. The lowest BCUT2D eigenvalue weighted by molar-refractivity contribution is -0.125. The van der Waals surface area contributed by atoms with Crippen LogP contribution in [0.3, 0.4) is 0 Å². The number of rotatable bonds is 15. The largest absolute Gasteiger partial charge is 0.438 e. The number of benzene rings is 2. The molecule has 1 N–H and O–H groups in total. The molecule has 2 aromatic rings. The molecule has 0 amide bonds. The lowest BCUT2D eigenvalue weighted by atomic mass is 10.2. The Kier molecular flexibility index (Phi) is 11.2. The van der Waals surface area contributed by atoms with E-state index >= 15 is 0 Å². The van der Waals surface area contributed by atoms with E-state index in [0.717, 1.165) is 11.1 Å². The summed E-state index contributed by atoms with van der Waals surface area (Å²) in [5.74, 6) is 0.0198. The number of ether oxygens (including phenoxy) is 2. The van der Waals surface area contributed by atoms with Crippen molar-refractivity contribution in [2.45, 2.75) is 18.8 Å². The van der Waals surface area contributed by atoms with Gasteiger partial charge in [-0.2, -0.15) is 0 Å². The third kappa shape index (κ3) is 9.78. The number of ketones is 1. The molecule has 0 fully saturated rings. The fourth-order valence-electron chi connectivity index (χ4n) is 2.98. The molecule has 0 aliphatic heterocycles. The Morgan fingerprint density at radius 2 is 1.62 bits per heavy atom. The third-order valence-corrected chi connectivity index (χ3v) is 5.41. The van der Waals surface area contributed by atoms with Crippen LogP contribution in [0.1, 0.15) is 11.1 Å². The van der Waals surface area contributed by atoms with Crippen LogP contribution in [0.2, 0.25) is 5.54 Å². The molecular weight excluding hydrogens is 382 g/mol. The first-order valence-corrected chi connectivity index (χ1v) is 11.3. The smallest absolute Gasteiger partial charge is 0.172 e. The molecule has 29 heavy (non-hydrogen) atoms. The summed E-state index contributed by atoms with van der Waals surface area (Å²) in [4.78, 5) is 24.1. The third-order valence-electron chi connectivity index (χ3n) is 4.40. The summed E-state index contributed by atoms with van der Waals surface area (Å²) in [6, 6.07) is 19.8. The van der Waals surface area contributed by atoms with Crippen LogP contribution in [0.5, 0.6) is 0 Å². The molecule has 0 saturated carbocycles. The second kappa shape index (κ2) is 14.0. The number of hydrogen-bond donors (Lipinski definition) is 1. The van der Waals surface area contributed by atoms with Crippen molar-refractivity contribution in [1.82, 2.24) is 4.90 Å². The van der Waals surface area contributed by atoms with Crippen molar-refractivity contribution >= 4 is 15.5 Å². The molecule has 0 aliphatic carbocycles. The van der Waals surface area contributed by atoms with Crippen LogP contribution in [0.15, 0.2) is 73.3 Å². The van der Waals surface area contributed by atoms with Gasteiger partial charge in [0.05, 0.1) is 26.4 Å². The first kappa shape index (κ1) is 23.2. The monoisotopic (exact) mass is 413 g/mol. The average Bonchev–Trinajstić information content (AvgIpc) is 2.74. The standard InChI is InChI=1S/C23H31NO4Si/c1-2-13-24(14-22(25)18-27-16-20-9-5-3-6-10-20)15-23(29-26)19-28-17-21-11-7-4-8-12-21/h2-12,23,26H,1,13-19,29H2/t23-/m0/s1. The summed E-state index contributed by atoms with van der Waals surface area (Å²) in [5.41, 5.74) is 2.22. The van der Waals surface area contributed by atoms with Gasteiger partial charge in [-0.3, -0.25) is 9.69 Å². The van der Waals surface area contributed by atoms with E-state index in [1.54, 1.807) is 6.08 Å². The molecule has 1 atom stereocenters. The minimum atomic E-state index is -1.26. The maximum Gasteiger partial charge on any atom is 0.172 e. The number of carbonyl (C=O) groups excluding carboxylic acids is 1. The van der Waals surface area contributed by atoms with Crippen LogP contribution in [0.4, 0.5) is 0 Å². The van der Waals surface area contributed by atoms with E-state index in [0.29, 0.717) is 32.9 Å². The van der Waals surface area contributed by atoms with Gasteiger partial charge in [0, 0.05) is 18.6 Å². The van der Waals surface area contributed by atoms with Crippen LogP contribution < -0.4 is 0 Å². The van der Waals surface area contributed by atoms with Gasteiger partial charge in [-0.15, -0.1) is 6.58 Å². The quantitative estimate of drug-likeness (QED) is 0.359. The Labute approximate surface area is 175 Å². The minimum absolute atomic E-state index is 0.0198. The highest BCUT2D eigenvalue weighted by Crippen LogP contribution is 2.10. The van der Waals surface area contributed by atoms with Gasteiger partial charge in [0.15, 0.2) is 15.5 Å². The molecular formula is C23H31NO4Si. The lowest BCUT2D eigenvalue weighted by Gasteiger charge is -2.24. The minimum Gasteiger partial charge on any atom is -0.438 e. The molecule has 0 radical (unpaired) electrons. The summed E-state index contributed by atoms with van der Waals surface area (Å²) in [5, 5.41) is 0. The Morgan fingerprint density at radius 1 is 1.03 bits per heavy atom. The predicted octanol–water partition coefficient (Wildman–Crippen LogP) is 2.34. The van der Waals surface area contributed by atoms with Crippen molar-refractivity contribution in [3.8, 4) is 0 Å². The zero-order chi connectivity index (χ0) is 20.7. The summed E-state index contributed by atoms with van der Waals surface area (Å²) >= 11 is 0. The predicted molar refractivity (Wildman–Crippen MR) is 118 cm³/mol. The molecule has 0 unspecified atom stereocenters. The normalized spacial score (nSPS) is 12.5. The van der Waals surface area contributed by atoms with Gasteiger partial charge in [-0.05, 0) is 11.1 Å². The van der Waals surface area contributed by atoms with E-state index in [2.05, 4.69) is 6.58 Å². The van der Waals surface area contributed by atoms with Gasteiger partial charge in [0.25, 0.3) is 0 Å². The van der Waals surface area contributed by atoms with E-state index < -0.39 is 9.76 Å². The molecule has 2 rings (SSSR count). The summed E-state index contributed by atoms with van der Waals surface area (Å²) in [6.45, 7) is 6.79. The lowest BCUT2D eigenvalue weighted by Crippen LogP contribution is -2.36. The molecule has 0 bridgehead atoms. The Bertz CT molecular complexity index is 711. The number of nitrogens with zero attached hydrogens (tertiary/aromatic N) is 1. The summed E-state index contributed by atoms with van der Waals surface area (Å²) in [6.07, 6.45) is 1.78. The highest BCUT2D eigenvalue weighted by atomic mass is 28.2. The Hall–Kier alpha value is -2.09. The van der Waals surface area contributed by atoms with Crippen LogP contribution in [0, 0.1) is 0 Å². The molecule has 0 heterocycles. The zero-order valence-electron chi connectivity index (χ0n) is 16.9. The second-order valence-corrected chi connectivity index (χ2v) is 8.57. The van der Waals surface area contributed by atoms with E-state index in [-0.39, 0.29) is 24.5 Å². The number of carbonyl (C=O) groups is 1. The second-order valence-electron chi connectivity index (χ2n) is 7.05. The zero-order valence-corrected chi connectivity index (χ0v) is 18.3. The maximum atomic E-state index is 12.3. The van der Waals surface area contributed by atoms with E-state index in [1.807, 2.05) is 65.6 Å². The number of Topliss-reactive ketones (excluding diaryl/α,β-unsaturated/α-hetero) is 1.